The van der Waals surface area contributed by atoms with Gasteiger partial charge < -0.3 is 9.47 Å². The molecule has 21 heavy (non-hydrogen) atoms. The third-order valence-electron chi connectivity index (χ3n) is 3.12. The lowest BCUT2D eigenvalue weighted by atomic mass is 10.2. The third kappa shape index (κ3) is 4.60. The highest BCUT2D eigenvalue weighted by Crippen LogP contribution is 2.16. The molecule has 0 aromatic carbocycles. The van der Waals surface area contributed by atoms with Gasteiger partial charge in [0.05, 0.1) is 13.8 Å². The lowest BCUT2D eigenvalue weighted by molar-refractivity contribution is 0.0263. The van der Waals surface area contributed by atoms with Crippen molar-refractivity contribution in [3.63, 3.8) is 0 Å². The van der Waals surface area contributed by atoms with Crippen molar-refractivity contribution in [2.24, 2.45) is 0 Å². The summed E-state index contributed by atoms with van der Waals surface area (Å²) in [6.45, 7) is 8.51. The standard InChI is InChI=1S/C15H23N3O3/c1-15(2,3)21-14(19)18-8-7-17(11-18)10-12-5-6-13(20-4)16-9-12/h5-6,9H,7-8,10-11H2,1-4H3. The van der Waals surface area contributed by atoms with Crippen LogP contribution in [-0.2, 0) is 11.3 Å². The van der Waals surface area contributed by atoms with Gasteiger partial charge in [-0.15, -0.1) is 0 Å². The van der Waals surface area contributed by atoms with Gasteiger partial charge in [0, 0.05) is 31.9 Å². The molecule has 2 heterocycles. The number of hydrogen-bond donors (Lipinski definition) is 0. The summed E-state index contributed by atoms with van der Waals surface area (Å²) in [4.78, 5) is 20.1. The van der Waals surface area contributed by atoms with Crippen molar-refractivity contribution in [3.8, 4) is 5.88 Å². The van der Waals surface area contributed by atoms with Crippen LogP contribution in [0.3, 0.4) is 0 Å². The molecule has 1 amide bonds. The van der Waals surface area contributed by atoms with Crippen LogP contribution in [0.1, 0.15) is 26.3 Å². The fraction of sp³-hybridized carbons (Fsp3) is 0.600. The van der Waals surface area contributed by atoms with Crippen molar-refractivity contribution < 1.29 is 14.3 Å². The molecule has 1 fully saturated rings. The van der Waals surface area contributed by atoms with Gasteiger partial charge in [0.25, 0.3) is 0 Å². The summed E-state index contributed by atoms with van der Waals surface area (Å²) in [5.74, 6) is 0.607. The highest BCUT2D eigenvalue weighted by Gasteiger charge is 2.28. The van der Waals surface area contributed by atoms with Crippen LogP contribution < -0.4 is 4.74 Å². The highest BCUT2D eigenvalue weighted by atomic mass is 16.6. The number of rotatable bonds is 3. The minimum Gasteiger partial charge on any atom is -0.481 e. The van der Waals surface area contributed by atoms with Crippen LogP contribution in [0.15, 0.2) is 18.3 Å². The molecule has 0 aliphatic carbocycles. The van der Waals surface area contributed by atoms with Crippen molar-refractivity contribution in [1.82, 2.24) is 14.8 Å². The normalized spacial score (nSPS) is 16.1. The van der Waals surface area contributed by atoms with E-state index in [0.717, 1.165) is 18.7 Å². The Balaban J connectivity index is 1.86. The Morgan fingerprint density at radius 3 is 2.67 bits per heavy atom. The molecular weight excluding hydrogens is 270 g/mol. The number of aromatic nitrogens is 1. The topological polar surface area (TPSA) is 54.9 Å². The average molecular weight is 293 g/mol. The molecule has 0 unspecified atom stereocenters. The SMILES string of the molecule is COc1ccc(CN2CCN(C(=O)OC(C)(C)C)C2)cn1. The molecule has 1 aromatic rings. The zero-order valence-corrected chi connectivity index (χ0v) is 13.1. The Labute approximate surface area is 125 Å². The van der Waals surface area contributed by atoms with Gasteiger partial charge in [0.15, 0.2) is 0 Å². The molecule has 0 saturated carbocycles. The predicted molar refractivity (Wildman–Crippen MR) is 79.0 cm³/mol. The van der Waals surface area contributed by atoms with E-state index in [1.54, 1.807) is 18.2 Å². The number of carbonyl (C=O) groups is 1. The quantitative estimate of drug-likeness (QED) is 0.854. The van der Waals surface area contributed by atoms with Gasteiger partial charge >= 0.3 is 6.09 Å². The zero-order chi connectivity index (χ0) is 15.5. The predicted octanol–water partition coefficient (Wildman–Crippen LogP) is 2.10. The Morgan fingerprint density at radius 2 is 2.10 bits per heavy atom. The summed E-state index contributed by atoms with van der Waals surface area (Å²) >= 11 is 0. The van der Waals surface area contributed by atoms with Crippen molar-refractivity contribution in [1.29, 1.82) is 0 Å². The summed E-state index contributed by atoms with van der Waals surface area (Å²) in [6, 6.07) is 3.83. The van der Waals surface area contributed by atoms with Gasteiger partial charge in [-0.25, -0.2) is 9.78 Å². The molecule has 1 aliphatic rings. The summed E-state index contributed by atoms with van der Waals surface area (Å²) in [7, 11) is 1.60. The Bertz CT molecular complexity index is 482. The van der Waals surface area contributed by atoms with Gasteiger partial charge in [0.2, 0.25) is 5.88 Å². The molecular formula is C15H23N3O3. The summed E-state index contributed by atoms with van der Waals surface area (Å²) in [5.41, 5.74) is 0.645. The maximum Gasteiger partial charge on any atom is 0.411 e. The Hall–Kier alpha value is -1.82. The van der Waals surface area contributed by atoms with E-state index in [9.17, 15) is 4.79 Å². The molecule has 0 bridgehead atoms. The Kier molecular flexibility index (Phi) is 4.67. The minimum atomic E-state index is -0.454. The van der Waals surface area contributed by atoms with Gasteiger partial charge in [-0.2, -0.15) is 0 Å². The second-order valence-corrected chi connectivity index (χ2v) is 6.15. The molecule has 1 aliphatic heterocycles. The van der Waals surface area contributed by atoms with Crippen molar-refractivity contribution in [2.75, 3.05) is 26.9 Å². The van der Waals surface area contributed by atoms with Crippen LogP contribution in [0.2, 0.25) is 0 Å². The lowest BCUT2D eigenvalue weighted by Crippen LogP contribution is -2.36. The maximum atomic E-state index is 12.0. The molecule has 0 N–H and O–H groups in total. The summed E-state index contributed by atoms with van der Waals surface area (Å²) in [6.07, 6.45) is 1.55. The molecule has 116 valence electrons. The van der Waals surface area contributed by atoms with Crippen molar-refractivity contribution in [2.45, 2.75) is 32.9 Å². The monoisotopic (exact) mass is 293 g/mol. The number of nitrogens with zero attached hydrogens (tertiary/aromatic N) is 3. The van der Waals surface area contributed by atoms with Gasteiger partial charge in [-0.3, -0.25) is 9.80 Å². The van der Waals surface area contributed by atoms with E-state index in [4.69, 9.17) is 9.47 Å². The van der Waals surface area contributed by atoms with Crippen LogP contribution in [-0.4, -0.2) is 53.3 Å². The maximum absolute atomic E-state index is 12.0. The zero-order valence-electron chi connectivity index (χ0n) is 13.1. The van der Waals surface area contributed by atoms with Gasteiger partial charge in [-0.05, 0) is 26.3 Å². The summed E-state index contributed by atoms with van der Waals surface area (Å²) < 4.78 is 10.4. The smallest absolute Gasteiger partial charge is 0.411 e. The van der Waals surface area contributed by atoms with Crippen LogP contribution in [0.5, 0.6) is 5.88 Å². The van der Waals surface area contributed by atoms with E-state index >= 15 is 0 Å². The van der Waals surface area contributed by atoms with Gasteiger partial charge in [0.1, 0.15) is 5.60 Å². The largest absolute Gasteiger partial charge is 0.481 e. The molecule has 0 atom stereocenters. The van der Waals surface area contributed by atoms with E-state index in [-0.39, 0.29) is 6.09 Å². The molecule has 0 spiro atoms. The first kappa shape index (κ1) is 15.6. The first-order chi connectivity index (χ1) is 9.87. The van der Waals surface area contributed by atoms with Crippen LogP contribution in [0, 0.1) is 0 Å². The first-order valence-electron chi connectivity index (χ1n) is 7.06. The number of amides is 1. The van der Waals surface area contributed by atoms with Crippen LogP contribution in [0.4, 0.5) is 4.79 Å². The minimum absolute atomic E-state index is 0.252. The number of carbonyl (C=O) groups excluding carboxylic acids is 1. The molecule has 0 radical (unpaired) electrons. The second-order valence-electron chi connectivity index (χ2n) is 6.15. The Morgan fingerprint density at radius 1 is 1.33 bits per heavy atom. The fourth-order valence-corrected chi connectivity index (χ4v) is 2.13. The average Bonchev–Trinajstić information content (AvgIpc) is 2.86. The lowest BCUT2D eigenvalue weighted by Gasteiger charge is -2.24. The molecule has 1 aromatic heterocycles. The fourth-order valence-electron chi connectivity index (χ4n) is 2.13. The highest BCUT2D eigenvalue weighted by molar-refractivity contribution is 5.68. The van der Waals surface area contributed by atoms with Gasteiger partial charge in [-0.1, -0.05) is 6.07 Å². The van der Waals surface area contributed by atoms with Crippen molar-refractivity contribution in [3.05, 3.63) is 23.9 Å². The molecule has 6 nitrogen and oxygen atoms in total. The number of pyridine rings is 1. The molecule has 2 rings (SSSR count). The van der Waals surface area contributed by atoms with E-state index in [0.29, 0.717) is 19.1 Å². The van der Waals surface area contributed by atoms with E-state index in [2.05, 4.69) is 9.88 Å². The molecule has 6 heteroatoms. The van der Waals surface area contributed by atoms with Crippen LogP contribution in [0.25, 0.3) is 0 Å². The number of ether oxygens (including phenoxy) is 2. The van der Waals surface area contributed by atoms with Crippen molar-refractivity contribution >= 4 is 6.09 Å². The number of hydrogen-bond acceptors (Lipinski definition) is 5. The van der Waals surface area contributed by atoms with Crippen LogP contribution >= 0.6 is 0 Å². The summed E-state index contributed by atoms with van der Waals surface area (Å²) in [5, 5.41) is 0. The third-order valence-corrected chi connectivity index (χ3v) is 3.12. The van der Waals surface area contributed by atoms with E-state index in [1.807, 2.05) is 32.9 Å². The molecule has 1 saturated heterocycles. The second kappa shape index (κ2) is 6.30. The van der Waals surface area contributed by atoms with E-state index in [1.165, 1.54) is 0 Å². The number of methoxy groups -OCH3 is 1. The van der Waals surface area contributed by atoms with E-state index < -0.39 is 5.60 Å². The first-order valence-corrected chi connectivity index (χ1v) is 7.06.